The van der Waals surface area contributed by atoms with Gasteiger partial charge in [0.15, 0.2) is 0 Å². The number of alkyl carbamates (subject to hydrolysis) is 1. The molecule has 9 heteroatoms. The summed E-state index contributed by atoms with van der Waals surface area (Å²) in [5.41, 5.74) is 4.92. The normalized spacial score (nSPS) is 13.5. The number of ether oxygens (including phenoxy) is 1. The summed E-state index contributed by atoms with van der Waals surface area (Å²) in [4.78, 5) is 41.1. The van der Waals surface area contributed by atoms with Gasteiger partial charge in [-0.15, -0.1) is 0 Å². The molecular weight excluding hydrogens is 564 g/mol. The molecule has 2 amide bonds. The molecule has 0 aliphatic heterocycles. The lowest BCUT2D eigenvalue weighted by atomic mass is 9.94. The lowest BCUT2D eigenvalue weighted by Crippen LogP contribution is -2.39. The van der Waals surface area contributed by atoms with Crippen molar-refractivity contribution in [2.75, 3.05) is 0 Å². The first-order valence-corrected chi connectivity index (χ1v) is 15.6. The molecular formula is C36H48N6O3. The number of carbonyl (C=O) groups is 2. The fourth-order valence-electron chi connectivity index (χ4n) is 4.86. The lowest BCUT2D eigenvalue weighted by molar-refractivity contribution is -0.129. The number of benzene rings is 2. The van der Waals surface area contributed by atoms with Gasteiger partial charge in [-0.2, -0.15) is 0 Å². The average Bonchev–Trinajstić information content (AvgIpc) is 3.64. The van der Waals surface area contributed by atoms with Gasteiger partial charge in [-0.1, -0.05) is 97.0 Å². The third-order valence-corrected chi connectivity index (χ3v) is 7.48. The third kappa shape index (κ3) is 8.62. The molecule has 45 heavy (non-hydrogen) atoms. The first kappa shape index (κ1) is 33.5. The second-order valence-corrected chi connectivity index (χ2v) is 14.3. The van der Waals surface area contributed by atoms with Crippen molar-refractivity contribution in [1.82, 2.24) is 30.6 Å². The topological polar surface area (TPSA) is 125 Å². The number of nitrogens with one attached hydrogen (secondary N) is 4. The molecule has 0 spiro atoms. The highest BCUT2D eigenvalue weighted by atomic mass is 16.6. The number of hydrogen-bond donors (Lipinski definition) is 4. The highest BCUT2D eigenvalue weighted by Gasteiger charge is 2.28. The third-order valence-electron chi connectivity index (χ3n) is 7.48. The largest absolute Gasteiger partial charge is 0.444 e. The maximum Gasteiger partial charge on any atom is 0.408 e. The molecule has 9 nitrogen and oxygen atoms in total. The summed E-state index contributed by atoms with van der Waals surface area (Å²) < 4.78 is 5.45. The number of carbonyl (C=O) groups excluding carboxylic acids is 2. The number of hydrogen-bond acceptors (Lipinski definition) is 5. The van der Waals surface area contributed by atoms with Crippen LogP contribution in [0.15, 0.2) is 60.9 Å². The summed E-state index contributed by atoms with van der Waals surface area (Å²) in [7, 11) is 0. The van der Waals surface area contributed by atoms with E-state index in [1.54, 1.807) is 6.20 Å². The van der Waals surface area contributed by atoms with Crippen molar-refractivity contribution in [1.29, 1.82) is 0 Å². The molecule has 240 valence electrons. The Labute approximate surface area is 267 Å². The molecule has 2 heterocycles. The van der Waals surface area contributed by atoms with E-state index < -0.39 is 17.1 Å². The lowest BCUT2D eigenvalue weighted by Gasteiger charge is -2.25. The highest BCUT2D eigenvalue weighted by Crippen LogP contribution is 2.29. The van der Waals surface area contributed by atoms with Crippen LogP contribution in [-0.4, -0.2) is 37.5 Å². The van der Waals surface area contributed by atoms with Gasteiger partial charge in [-0.25, -0.2) is 14.8 Å². The quantitative estimate of drug-likeness (QED) is 0.152. The number of amides is 2. The Bertz CT molecular complexity index is 1590. The van der Waals surface area contributed by atoms with Crippen molar-refractivity contribution in [3.63, 3.8) is 0 Å². The zero-order valence-corrected chi connectivity index (χ0v) is 28.2. The van der Waals surface area contributed by atoms with Crippen LogP contribution in [0.5, 0.6) is 0 Å². The van der Waals surface area contributed by atoms with Crippen LogP contribution in [0.3, 0.4) is 0 Å². The molecule has 2 atom stereocenters. The van der Waals surface area contributed by atoms with Crippen molar-refractivity contribution in [2.24, 2.45) is 17.3 Å². The van der Waals surface area contributed by atoms with Gasteiger partial charge in [-0.05, 0) is 54.9 Å². The zero-order chi connectivity index (χ0) is 33.1. The molecule has 0 aliphatic rings. The summed E-state index contributed by atoms with van der Waals surface area (Å²) in [6, 6.07) is 16.1. The van der Waals surface area contributed by atoms with Gasteiger partial charge in [-0.3, -0.25) is 4.79 Å². The molecule has 0 saturated carbocycles. The van der Waals surface area contributed by atoms with Crippen LogP contribution in [-0.2, 0) is 9.53 Å². The van der Waals surface area contributed by atoms with Crippen molar-refractivity contribution in [3.8, 4) is 33.6 Å². The summed E-state index contributed by atoms with van der Waals surface area (Å²) in [5, 5.41) is 6.10. The molecule has 0 radical (unpaired) electrons. The van der Waals surface area contributed by atoms with E-state index in [1.165, 1.54) is 0 Å². The van der Waals surface area contributed by atoms with Crippen molar-refractivity contribution in [2.45, 2.75) is 86.9 Å². The van der Waals surface area contributed by atoms with E-state index in [4.69, 9.17) is 4.74 Å². The van der Waals surface area contributed by atoms with E-state index in [1.807, 2.05) is 61.6 Å². The molecule has 0 aliphatic carbocycles. The second kappa shape index (κ2) is 13.3. The van der Waals surface area contributed by atoms with Gasteiger partial charge in [0.05, 0.1) is 35.9 Å². The SMILES string of the molecule is CC(C)C(NC(=O)C(C)(C)C)c1ncc(-c2ccc(-c3ccc(-c4cnc([C@@H](NC(=O)OC(C)(C)C)C(C)C)[nH]4)cc3)cc2)[nH]1. The van der Waals surface area contributed by atoms with Gasteiger partial charge in [0.25, 0.3) is 0 Å². The van der Waals surface area contributed by atoms with Crippen LogP contribution in [0, 0.1) is 17.3 Å². The van der Waals surface area contributed by atoms with Crippen LogP contribution in [0.1, 0.15) is 93.0 Å². The number of aromatic amines is 2. The smallest absolute Gasteiger partial charge is 0.408 e. The second-order valence-electron chi connectivity index (χ2n) is 14.3. The molecule has 4 rings (SSSR count). The molecule has 1 unspecified atom stereocenters. The van der Waals surface area contributed by atoms with E-state index in [0.29, 0.717) is 5.82 Å². The van der Waals surface area contributed by atoms with Crippen LogP contribution in [0.2, 0.25) is 0 Å². The van der Waals surface area contributed by atoms with E-state index >= 15 is 0 Å². The minimum atomic E-state index is -0.576. The Morgan fingerprint density at radius 3 is 1.38 bits per heavy atom. The van der Waals surface area contributed by atoms with Crippen molar-refractivity contribution in [3.05, 3.63) is 72.6 Å². The maximum atomic E-state index is 12.7. The van der Waals surface area contributed by atoms with Crippen molar-refractivity contribution >= 4 is 12.0 Å². The fraction of sp³-hybridized carbons (Fsp3) is 0.444. The van der Waals surface area contributed by atoms with Crippen LogP contribution in [0.4, 0.5) is 4.79 Å². The van der Waals surface area contributed by atoms with Crippen LogP contribution >= 0.6 is 0 Å². The summed E-state index contributed by atoms with van der Waals surface area (Å²) in [5.74, 6) is 1.72. The number of H-pyrrole nitrogens is 2. The summed E-state index contributed by atoms with van der Waals surface area (Å²) >= 11 is 0. The first-order valence-electron chi connectivity index (χ1n) is 15.6. The Hall–Kier alpha value is -4.40. The highest BCUT2D eigenvalue weighted by molar-refractivity contribution is 5.81. The van der Waals surface area contributed by atoms with E-state index in [9.17, 15) is 9.59 Å². The van der Waals surface area contributed by atoms with Crippen LogP contribution < -0.4 is 10.6 Å². The Kier molecular flexibility index (Phi) is 9.90. The zero-order valence-electron chi connectivity index (χ0n) is 28.2. The van der Waals surface area contributed by atoms with E-state index in [-0.39, 0.29) is 29.8 Å². The fourth-order valence-corrected chi connectivity index (χ4v) is 4.86. The maximum absolute atomic E-state index is 12.7. The average molecular weight is 613 g/mol. The molecule has 4 aromatic rings. The Morgan fingerprint density at radius 1 is 0.644 bits per heavy atom. The molecule has 0 saturated heterocycles. The monoisotopic (exact) mass is 612 g/mol. The number of aromatic nitrogens is 4. The predicted molar refractivity (Wildman–Crippen MR) is 179 cm³/mol. The van der Waals surface area contributed by atoms with Gasteiger partial charge in [0, 0.05) is 5.41 Å². The number of imidazole rings is 2. The molecule has 0 fully saturated rings. The molecule has 2 aromatic carbocycles. The molecule has 4 N–H and O–H groups in total. The molecule has 2 aromatic heterocycles. The van der Waals surface area contributed by atoms with Crippen molar-refractivity contribution < 1.29 is 14.3 Å². The predicted octanol–water partition coefficient (Wildman–Crippen LogP) is 8.22. The van der Waals surface area contributed by atoms with Gasteiger partial charge in [0.1, 0.15) is 17.2 Å². The standard InChI is InChI=1S/C36H48N6O3/c1-21(2)29(41-33(43)35(5,6)7)31-37-19-27(39-31)25-15-11-23(12-16-25)24-13-17-26(18-14-24)28-20-38-32(40-28)30(22(3)4)42-34(44)45-36(8,9)10/h11-22,29-30H,1-10H3,(H,37,39)(H,38,40)(H,41,43)(H,42,44)/t29?,30-/m0/s1. The Morgan fingerprint density at radius 2 is 1.02 bits per heavy atom. The minimum absolute atomic E-state index is 0.00236. The Balaban J connectivity index is 1.45. The molecule has 0 bridgehead atoms. The minimum Gasteiger partial charge on any atom is -0.444 e. The summed E-state index contributed by atoms with van der Waals surface area (Å²) in [6.45, 7) is 19.5. The van der Waals surface area contributed by atoms with Gasteiger partial charge in [0.2, 0.25) is 5.91 Å². The first-order chi connectivity index (χ1) is 21.0. The van der Waals surface area contributed by atoms with Gasteiger partial charge < -0.3 is 25.3 Å². The number of rotatable bonds is 9. The van der Waals surface area contributed by atoms with E-state index in [0.717, 1.165) is 39.5 Å². The summed E-state index contributed by atoms with van der Waals surface area (Å²) in [6.07, 6.45) is 3.15. The van der Waals surface area contributed by atoms with Crippen LogP contribution in [0.25, 0.3) is 33.6 Å². The number of nitrogens with zero attached hydrogens (tertiary/aromatic N) is 2. The van der Waals surface area contributed by atoms with Gasteiger partial charge >= 0.3 is 6.09 Å². The van der Waals surface area contributed by atoms with E-state index in [2.05, 4.69) is 92.9 Å².